The van der Waals surface area contributed by atoms with E-state index in [1.165, 1.54) is 0 Å². The van der Waals surface area contributed by atoms with Gasteiger partial charge >= 0.3 is 6.03 Å². The van der Waals surface area contributed by atoms with Crippen LogP contribution in [-0.4, -0.2) is 47.5 Å². The molecule has 0 aliphatic heterocycles. The van der Waals surface area contributed by atoms with Crippen LogP contribution in [0.25, 0.3) is 0 Å². The lowest BCUT2D eigenvalue weighted by Gasteiger charge is -2.35. The molecule has 1 aromatic heterocycles. The average Bonchev–Trinajstić information content (AvgIpc) is 3.22. The van der Waals surface area contributed by atoms with E-state index in [9.17, 15) is 9.59 Å². The van der Waals surface area contributed by atoms with Gasteiger partial charge in [0.2, 0.25) is 5.91 Å². The molecule has 1 saturated carbocycles. The van der Waals surface area contributed by atoms with Crippen LogP contribution in [0.4, 0.5) is 10.5 Å². The highest BCUT2D eigenvalue weighted by Gasteiger charge is 2.34. The molecule has 150 valence electrons. The maximum Gasteiger partial charge on any atom is 0.319 e. The van der Waals surface area contributed by atoms with Gasteiger partial charge in [0.25, 0.3) is 0 Å². The Labute approximate surface area is 164 Å². The number of amides is 3. The third-order valence-corrected chi connectivity index (χ3v) is 5.01. The van der Waals surface area contributed by atoms with Gasteiger partial charge in [-0.15, -0.1) is 0 Å². The van der Waals surface area contributed by atoms with Gasteiger partial charge in [-0.3, -0.25) is 9.48 Å². The molecule has 0 saturated heterocycles. The molecular formula is C20H27N5O3. The number of carbonyl (C=O) groups is 2. The number of ether oxygens (including phenoxy) is 1. The van der Waals surface area contributed by atoms with Crippen molar-refractivity contribution in [3.05, 3.63) is 48.8 Å². The summed E-state index contributed by atoms with van der Waals surface area (Å²) in [5, 5.41) is 12.9. The van der Waals surface area contributed by atoms with Crippen LogP contribution >= 0.6 is 0 Å². The second kappa shape index (κ2) is 9.89. The van der Waals surface area contributed by atoms with Gasteiger partial charge in [-0.05, 0) is 37.5 Å². The summed E-state index contributed by atoms with van der Waals surface area (Å²) >= 11 is 0. The summed E-state index contributed by atoms with van der Waals surface area (Å²) in [6.45, 7) is 1.16. The maximum absolute atomic E-state index is 12.5. The minimum atomic E-state index is -0.294. The van der Waals surface area contributed by atoms with Crippen LogP contribution in [0.5, 0.6) is 0 Å². The molecule has 1 aliphatic rings. The van der Waals surface area contributed by atoms with E-state index in [1.807, 2.05) is 42.6 Å². The number of hydrogen-bond acceptors (Lipinski definition) is 4. The molecule has 8 heteroatoms. The van der Waals surface area contributed by atoms with Crippen LogP contribution in [0.1, 0.15) is 19.3 Å². The quantitative estimate of drug-likeness (QED) is 0.679. The number of methoxy groups -OCH3 is 1. The number of rotatable bonds is 7. The van der Waals surface area contributed by atoms with E-state index in [4.69, 9.17) is 4.74 Å². The van der Waals surface area contributed by atoms with Gasteiger partial charge in [-0.25, -0.2) is 4.79 Å². The smallest absolute Gasteiger partial charge is 0.319 e. The predicted molar refractivity (Wildman–Crippen MR) is 106 cm³/mol. The number of nitrogens with one attached hydrogen (secondary N) is 3. The summed E-state index contributed by atoms with van der Waals surface area (Å²) in [4.78, 5) is 24.9. The van der Waals surface area contributed by atoms with E-state index < -0.39 is 0 Å². The third-order valence-electron chi connectivity index (χ3n) is 5.01. The summed E-state index contributed by atoms with van der Waals surface area (Å²) in [5.41, 5.74) is 0.720. The number of anilines is 1. The Morgan fingerprint density at radius 2 is 2.04 bits per heavy atom. The van der Waals surface area contributed by atoms with Gasteiger partial charge in [0.05, 0.1) is 18.7 Å². The molecule has 3 amide bonds. The topological polar surface area (TPSA) is 97.3 Å². The second-order valence-electron chi connectivity index (χ2n) is 6.92. The highest BCUT2D eigenvalue weighted by Crippen LogP contribution is 2.27. The summed E-state index contributed by atoms with van der Waals surface area (Å²) in [5.74, 6) is -0.136. The fourth-order valence-corrected chi connectivity index (χ4v) is 3.54. The molecule has 1 heterocycles. The van der Waals surface area contributed by atoms with Crippen LogP contribution in [-0.2, 0) is 16.1 Å². The summed E-state index contributed by atoms with van der Waals surface area (Å²) in [6.07, 6.45) is 5.49. The van der Waals surface area contributed by atoms with E-state index in [0.717, 1.165) is 18.5 Å². The first-order valence-electron chi connectivity index (χ1n) is 9.56. The Morgan fingerprint density at radius 3 is 2.75 bits per heavy atom. The third kappa shape index (κ3) is 5.56. The average molecular weight is 385 g/mol. The normalized spacial score (nSPS) is 21.7. The molecule has 0 radical (unpaired) electrons. The largest absolute Gasteiger partial charge is 0.379 e. The van der Waals surface area contributed by atoms with Crippen LogP contribution < -0.4 is 16.0 Å². The zero-order chi connectivity index (χ0) is 19.8. The van der Waals surface area contributed by atoms with Crippen LogP contribution in [0.15, 0.2) is 48.8 Å². The molecule has 0 spiro atoms. The minimum absolute atomic E-state index is 0.0111. The molecule has 2 aromatic rings. The van der Waals surface area contributed by atoms with Crippen molar-refractivity contribution >= 4 is 17.6 Å². The first-order chi connectivity index (χ1) is 13.7. The standard InChI is InChI=1S/C20H27N5O3/c1-28-18-9-8-15(19(26)21-11-13-25-12-5-10-22-25)14-17(18)24-20(27)23-16-6-3-2-4-7-16/h2-7,10,12,15,17-18H,8-9,11,13-14H2,1H3,(H,21,26)(H2,23,24,27)/t15-,17+,18+/m0/s1. The monoisotopic (exact) mass is 385 g/mol. The van der Waals surface area contributed by atoms with E-state index >= 15 is 0 Å². The van der Waals surface area contributed by atoms with Crippen molar-refractivity contribution < 1.29 is 14.3 Å². The zero-order valence-electron chi connectivity index (χ0n) is 16.0. The van der Waals surface area contributed by atoms with E-state index in [-0.39, 0.29) is 30.0 Å². The second-order valence-corrected chi connectivity index (χ2v) is 6.92. The molecule has 3 rings (SSSR count). The molecule has 1 aliphatic carbocycles. The molecule has 0 bridgehead atoms. The van der Waals surface area contributed by atoms with Gasteiger partial charge in [0.1, 0.15) is 0 Å². The molecule has 8 nitrogen and oxygen atoms in total. The van der Waals surface area contributed by atoms with E-state index in [1.54, 1.807) is 18.0 Å². The number of nitrogens with zero attached hydrogens (tertiary/aromatic N) is 2. The number of hydrogen-bond donors (Lipinski definition) is 3. The van der Waals surface area contributed by atoms with Crippen LogP contribution in [0, 0.1) is 5.92 Å². The molecule has 3 atom stereocenters. The highest BCUT2D eigenvalue weighted by molar-refractivity contribution is 5.89. The van der Waals surface area contributed by atoms with Crippen molar-refractivity contribution in [3.8, 4) is 0 Å². The number of benzene rings is 1. The lowest BCUT2D eigenvalue weighted by Crippen LogP contribution is -2.51. The van der Waals surface area contributed by atoms with Gasteiger partial charge in [0.15, 0.2) is 0 Å². The summed E-state index contributed by atoms with van der Waals surface area (Å²) in [6, 6.07) is 10.6. The predicted octanol–water partition coefficient (Wildman–Crippen LogP) is 2.00. The summed E-state index contributed by atoms with van der Waals surface area (Å²) < 4.78 is 7.31. The van der Waals surface area contributed by atoms with Crippen molar-refractivity contribution in [2.45, 2.75) is 38.0 Å². The highest BCUT2D eigenvalue weighted by atomic mass is 16.5. The number of aromatic nitrogens is 2. The van der Waals surface area contributed by atoms with Crippen LogP contribution in [0.2, 0.25) is 0 Å². The fourth-order valence-electron chi connectivity index (χ4n) is 3.54. The van der Waals surface area contributed by atoms with Gasteiger partial charge in [-0.1, -0.05) is 18.2 Å². The minimum Gasteiger partial charge on any atom is -0.379 e. The number of urea groups is 1. The Hall–Kier alpha value is -2.87. The van der Waals surface area contributed by atoms with Gasteiger partial charge in [-0.2, -0.15) is 5.10 Å². The molecule has 1 aromatic carbocycles. The Morgan fingerprint density at radius 1 is 1.21 bits per heavy atom. The van der Waals surface area contributed by atoms with Crippen molar-refractivity contribution in [2.75, 3.05) is 19.0 Å². The first kappa shape index (κ1) is 19.9. The van der Waals surface area contributed by atoms with Crippen molar-refractivity contribution in [1.82, 2.24) is 20.4 Å². The van der Waals surface area contributed by atoms with E-state index in [0.29, 0.717) is 19.5 Å². The number of para-hydroxylation sites is 1. The van der Waals surface area contributed by atoms with Crippen LogP contribution in [0.3, 0.4) is 0 Å². The van der Waals surface area contributed by atoms with Crippen molar-refractivity contribution in [3.63, 3.8) is 0 Å². The molecule has 3 N–H and O–H groups in total. The zero-order valence-corrected chi connectivity index (χ0v) is 16.0. The van der Waals surface area contributed by atoms with Gasteiger partial charge < -0.3 is 20.7 Å². The van der Waals surface area contributed by atoms with Crippen molar-refractivity contribution in [1.29, 1.82) is 0 Å². The number of carbonyl (C=O) groups excluding carboxylic acids is 2. The van der Waals surface area contributed by atoms with Crippen molar-refractivity contribution in [2.24, 2.45) is 5.92 Å². The fraction of sp³-hybridized carbons (Fsp3) is 0.450. The van der Waals surface area contributed by atoms with E-state index in [2.05, 4.69) is 21.0 Å². The SMILES string of the molecule is CO[C@@H]1CC[C@H](C(=O)NCCn2cccn2)C[C@H]1NC(=O)Nc1ccccc1. The summed E-state index contributed by atoms with van der Waals surface area (Å²) in [7, 11) is 1.64. The lowest BCUT2D eigenvalue weighted by molar-refractivity contribution is -0.127. The van der Waals surface area contributed by atoms with Gasteiger partial charge in [0, 0.05) is 37.7 Å². The lowest BCUT2D eigenvalue weighted by atomic mass is 9.83. The molecule has 0 unspecified atom stereocenters. The Kier molecular flexibility index (Phi) is 7.02. The maximum atomic E-state index is 12.5. The Bertz CT molecular complexity index is 750. The molecule has 28 heavy (non-hydrogen) atoms. The first-order valence-corrected chi connectivity index (χ1v) is 9.56. The molecule has 1 fully saturated rings. The molecular weight excluding hydrogens is 358 g/mol. The Balaban J connectivity index is 1.49.